The fraction of sp³-hybridized carbons (Fsp3) is 1.00. The molecule has 2 heteroatoms. The van der Waals surface area contributed by atoms with Crippen LogP contribution in [0.25, 0.3) is 0 Å². The van der Waals surface area contributed by atoms with Crippen LogP contribution in [0.3, 0.4) is 0 Å². The first-order valence-corrected chi connectivity index (χ1v) is 6.52. The van der Waals surface area contributed by atoms with E-state index in [1.54, 1.807) is 0 Å². The van der Waals surface area contributed by atoms with Crippen molar-refractivity contribution in [2.24, 2.45) is 17.8 Å². The Bertz CT molecular complexity index is 162. The van der Waals surface area contributed by atoms with Crippen molar-refractivity contribution >= 4 is 0 Å². The van der Waals surface area contributed by atoms with Gasteiger partial charge in [-0.15, -0.1) is 0 Å². The zero-order valence-electron chi connectivity index (χ0n) is 10.8. The fourth-order valence-corrected chi connectivity index (χ4v) is 3.13. The molecule has 15 heavy (non-hydrogen) atoms. The number of hydrogen-bond donors (Lipinski definition) is 2. The standard InChI is InChI=1S/C13H28N2/c1-10(2)12(9-14-3)13(15-4)11-7-5-6-8-11/h10-15H,5-9H2,1-4H3. The van der Waals surface area contributed by atoms with Gasteiger partial charge in [0.25, 0.3) is 0 Å². The van der Waals surface area contributed by atoms with Gasteiger partial charge >= 0.3 is 0 Å². The van der Waals surface area contributed by atoms with E-state index < -0.39 is 0 Å². The second kappa shape index (κ2) is 6.49. The second-order valence-electron chi connectivity index (χ2n) is 5.32. The van der Waals surface area contributed by atoms with Gasteiger partial charge in [-0.2, -0.15) is 0 Å². The molecule has 2 nitrogen and oxygen atoms in total. The van der Waals surface area contributed by atoms with Crippen LogP contribution in [0, 0.1) is 17.8 Å². The van der Waals surface area contributed by atoms with Gasteiger partial charge in [-0.3, -0.25) is 0 Å². The molecule has 0 spiro atoms. The summed E-state index contributed by atoms with van der Waals surface area (Å²) in [4.78, 5) is 0. The predicted molar refractivity (Wildman–Crippen MR) is 67.1 cm³/mol. The summed E-state index contributed by atoms with van der Waals surface area (Å²) in [5.74, 6) is 2.44. The molecule has 0 bridgehead atoms. The van der Waals surface area contributed by atoms with E-state index in [-0.39, 0.29) is 0 Å². The van der Waals surface area contributed by atoms with Gasteiger partial charge in [0.15, 0.2) is 0 Å². The molecule has 1 aliphatic carbocycles. The first kappa shape index (κ1) is 13.0. The van der Waals surface area contributed by atoms with E-state index >= 15 is 0 Å². The largest absolute Gasteiger partial charge is 0.319 e. The molecule has 0 aromatic rings. The van der Waals surface area contributed by atoms with Crippen LogP contribution in [0.1, 0.15) is 39.5 Å². The zero-order valence-corrected chi connectivity index (χ0v) is 10.8. The maximum atomic E-state index is 3.57. The molecule has 2 unspecified atom stereocenters. The molecule has 0 aromatic carbocycles. The first-order valence-electron chi connectivity index (χ1n) is 6.52. The van der Waals surface area contributed by atoms with Gasteiger partial charge in [-0.1, -0.05) is 26.7 Å². The van der Waals surface area contributed by atoms with Crippen molar-refractivity contribution < 1.29 is 0 Å². The summed E-state index contributed by atoms with van der Waals surface area (Å²) in [7, 11) is 4.20. The van der Waals surface area contributed by atoms with Gasteiger partial charge in [-0.25, -0.2) is 0 Å². The van der Waals surface area contributed by atoms with Gasteiger partial charge in [0.2, 0.25) is 0 Å². The van der Waals surface area contributed by atoms with E-state index in [1.807, 2.05) is 0 Å². The summed E-state index contributed by atoms with van der Waals surface area (Å²) >= 11 is 0. The van der Waals surface area contributed by atoms with E-state index in [0.29, 0.717) is 6.04 Å². The minimum Gasteiger partial charge on any atom is -0.319 e. The van der Waals surface area contributed by atoms with Gasteiger partial charge in [0.1, 0.15) is 0 Å². The molecule has 0 saturated heterocycles. The van der Waals surface area contributed by atoms with Crippen molar-refractivity contribution in [1.29, 1.82) is 0 Å². The molecule has 0 amide bonds. The summed E-state index contributed by atoms with van der Waals surface area (Å²) in [5.41, 5.74) is 0. The molecule has 1 rings (SSSR count). The Balaban J connectivity index is 2.59. The van der Waals surface area contributed by atoms with Crippen molar-refractivity contribution in [3.05, 3.63) is 0 Å². The van der Waals surface area contributed by atoms with E-state index in [1.165, 1.54) is 25.7 Å². The van der Waals surface area contributed by atoms with Crippen molar-refractivity contribution in [3.8, 4) is 0 Å². The first-order chi connectivity index (χ1) is 7.20. The van der Waals surface area contributed by atoms with E-state index in [2.05, 4.69) is 38.6 Å². The molecule has 1 fully saturated rings. The topological polar surface area (TPSA) is 24.1 Å². The molecule has 0 aliphatic heterocycles. The highest BCUT2D eigenvalue weighted by Crippen LogP contribution is 2.32. The highest BCUT2D eigenvalue weighted by atomic mass is 14.9. The Hall–Kier alpha value is -0.0800. The molecular weight excluding hydrogens is 184 g/mol. The lowest BCUT2D eigenvalue weighted by Gasteiger charge is -2.34. The Labute approximate surface area is 95.2 Å². The maximum absolute atomic E-state index is 3.57. The molecule has 2 N–H and O–H groups in total. The number of nitrogens with one attached hydrogen (secondary N) is 2. The third-order valence-electron chi connectivity index (χ3n) is 4.00. The molecule has 0 radical (unpaired) electrons. The highest BCUT2D eigenvalue weighted by molar-refractivity contribution is 4.87. The minimum atomic E-state index is 0.708. The van der Waals surface area contributed by atoms with Crippen LogP contribution < -0.4 is 10.6 Å². The summed E-state index contributed by atoms with van der Waals surface area (Å²) in [5, 5.41) is 6.92. The third kappa shape index (κ3) is 3.46. The van der Waals surface area contributed by atoms with Crippen LogP contribution in [0.2, 0.25) is 0 Å². The zero-order chi connectivity index (χ0) is 11.3. The molecule has 1 aliphatic rings. The van der Waals surface area contributed by atoms with E-state index in [0.717, 1.165) is 24.3 Å². The van der Waals surface area contributed by atoms with E-state index in [4.69, 9.17) is 0 Å². The molecule has 90 valence electrons. The normalized spacial score (nSPS) is 22.2. The SMILES string of the molecule is CNCC(C(C)C)C(NC)C1CCCC1. The average molecular weight is 212 g/mol. The van der Waals surface area contributed by atoms with Crippen molar-refractivity contribution in [3.63, 3.8) is 0 Å². The molecule has 2 atom stereocenters. The third-order valence-corrected chi connectivity index (χ3v) is 4.00. The summed E-state index contributed by atoms with van der Waals surface area (Å²) in [6, 6.07) is 0.708. The van der Waals surface area contributed by atoms with Gasteiger partial charge in [-0.05, 0) is 51.2 Å². The number of hydrogen-bond acceptors (Lipinski definition) is 2. The Kier molecular flexibility index (Phi) is 5.62. The maximum Gasteiger partial charge on any atom is 0.0135 e. The Morgan fingerprint density at radius 1 is 1.13 bits per heavy atom. The van der Waals surface area contributed by atoms with Crippen LogP contribution in [0.15, 0.2) is 0 Å². The van der Waals surface area contributed by atoms with Crippen LogP contribution in [0.5, 0.6) is 0 Å². The lowest BCUT2D eigenvalue weighted by molar-refractivity contribution is 0.215. The quantitative estimate of drug-likeness (QED) is 0.706. The summed E-state index contributed by atoms with van der Waals surface area (Å²) in [6.45, 7) is 5.84. The van der Waals surface area contributed by atoms with Crippen molar-refractivity contribution in [1.82, 2.24) is 10.6 Å². The number of rotatable bonds is 6. The molecular formula is C13H28N2. The van der Waals surface area contributed by atoms with Crippen LogP contribution in [0.4, 0.5) is 0 Å². The molecule has 1 saturated carbocycles. The smallest absolute Gasteiger partial charge is 0.0135 e. The lowest BCUT2D eigenvalue weighted by Crippen LogP contribution is -2.45. The van der Waals surface area contributed by atoms with Gasteiger partial charge in [0, 0.05) is 6.04 Å². The van der Waals surface area contributed by atoms with Crippen LogP contribution in [-0.2, 0) is 0 Å². The molecule has 0 aromatic heterocycles. The Morgan fingerprint density at radius 2 is 1.73 bits per heavy atom. The van der Waals surface area contributed by atoms with Gasteiger partial charge < -0.3 is 10.6 Å². The molecule has 0 heterocycles. The van der Waals surface area contributed by atoms with E-state index in [9.17, 15) is 0 Å². The van der Waals surface area contributed by atoms with Gasteiger partial charge in [0.05, 0.1) is 0 Å². The van der Waals surface area contributed by atoms with Crippen molar-refractivity contribution in [2.75, 3.05) is 20.6 Å². The monoisotopic (exact) mass is 212 g/mol. The second-order valence-corrected chi connectivity index (χ2v) is 5.32. The minimum absolute atomic E-state index is 0.708. The van der Waals surface area contributed by atoms with Crippen LogP contribution >= 0.6 is 0 Å². The Morgan fingerprint density at radius 3 is 2.13 bits per heavy atom. The summed E-state index contributed by atoms with van der Waals surface area (Å²) in [6.07, 6.45) is 5.73. The lowest BCUT2D eigenvalue weighted by atomic mass is 9.80. The fourth-order valence-electron chi connectivity index (χ4n) is 3.13. The average Bonchev–Trinajstić information content (AvgIpc) is 2.71. The van der Waals surface area contributed by atoms with Crippen LogP contribution in [-0.4, -0.2) is 26.7 Å². The highest BCUT2D eigenvalue weighted by Gasteiger charge is 2.31. The predicted octanol–water partition coefficient (Wildman–Crippen LogP) is 2.26. The van der Waals surface area contributed by atoms with Crippen molar-refractivity contribution in [2.45, 2.75) is 45.6 Å². The summed E-state index contributed by atoms with van der Waals surface area (Å²) < 4.78 is 0.